The number of urea groups is 1. The van der Waals surface area contributed by atoms with Gasteiger partial charge >= 0.3 is 12.0 Å². The minimum Gasteiger partial charge on any atom is -0.465 e. The third kappa shape index (κ3) is 3.51. The molecule has 5 heteroatoms. The Morgan fingerprint density at radius 3 is 1.87 bits per heavy atom. The maximum absolute atomic E-state index is 12.9. The lowest BCUT2D eigenvalue weighted by Crippen LogP contribution is -2.49. The van der Waals surface area contributed by atoms with Crippen molar-refractivity contribution < 1.29 is 14.3 Å². The lowest BCUT2D eigenvalue weighted by Gasteiger charge is -2.32. The predicted molar refractivity (Wildman–Crippen MR) is 87.9 cm³/mol. The van der Waals surface area contributed by atoms with Crippen molar-refractivity contribution in [3.8, 4) is 0 Å². The van der Waals surface area contributed by atoms with Crippen LogP contribution < -0.4 is 11.1 Å². The summed E-state index contributed by atoms with van der Waals surface area (Å²) in [4.78, 5) is 24.1. The molecule has 0 aliphatic rings. The zero-order chi connectivity index (χ0) is 16.7. The smallest absolute Gasteiger partial charge is 0.322 e. The van der Waals surface area contributed by atoms with E-state index in [4.69, 9.17) is 10.5 Å². The van der Waals surface area contributed by atoms with E-state index in [-0.39, 0.29) is 13.2 Å². The number of rotatable bonds is 6. The van der Waals surface area contributed by atoms with Crippen LogP contribution in [0.1, 0.15) is 18.1 Å². The second-order valence-corrected chi connectivity index (χ2v) is 5.08. The summed E-state index contributed by atoms with van der Waals surface area (Å²) in [5.74, 6) is -0.425. The maximum Gasteiger partial charge on any atom is 0.322 e. The molecule has 3 N–H and O–H groups in total. The summed E-state index contributed by atoms with van der Waals surface area (Å²) < 4.78 is 5.32. The van der Waals surface area contributed by atoms with Crippen molar-refractivity contribution in [2.75, 3.05) is 13.2 Å². The third-order valence-electron chi connectivity index (χ3n) is 3.68. The summed E-state index contributed by atoms with van der Waals surface area (Å²) in [6, 6.07) is 17.8. The SMILES string of the molecule is CCOC(=O)C(CNC(N)=O)(c1ccccc1)c1ccccc1. The standard InChI is InChI=1S/C18H20N2O3/c1-2-23-16(21)18(13-20-17(19)22,14-9-5-3-6-10-14)15-11-7-4-8-12-15/h3-12H,2,13H2,1H3,(H3,19,20,22). The summed E-state index contributed by atoms with van der Waals surface area (Å²) in [5, 5.41) is 2.56. The normalized spacial score (nSPS) is 10.8. The predicted octanol–water partition coefficient (Wildman–Crippen LogP) is 2.20. The van der Waals surface area contributed by atoms with Gasteiger partial charge in [0.15, 0.2) is 0 Å². The molecule has 5 nitrogen and oxygen atoms in total. The molecule has 0 spiro atoms. The van der Waals surface area contributed by atoms with E-state index in [1.807, 2.05) is 60.7 Å². The number of amides is 2. The van der Waals surface area contributed by atoms with Crippen molar-refractivity contribution in [2.24, 2.45) is 5.73 Å². The van der Waals surface area contributed by atoms with Gasteiger partial charge in [-0.25, -0.2) is 4.79 Å². The van der Waals surface area contributed by atoms with Gasteiger partial charge < -0.3 is 15.8 Å². The van der Waals surface area contributed by atoms with Gasteiger partial charge in [0, 0.05) is 6.54 Å². The van der Waals surface area contributed by atoms with Crippen LogP contribution in [0.15, 0.2) is 60.7 Å². The molecular weight excluding hydrogens is 292 g/mol. The first-order chi connectivity index (χ1) is 11.1. The zero-order valence-corrected chi connectivity index (χ0v) is 13.0. The third-order valence-corrected chi connectivity index (χ3v) is 3.68. The molecule has 2 rings (SSSR count). The molecule has 0 atom stereocenters. The first-order valence-corrected chi connectivity index (χ1v) is 7.43. The largest absolute Gasteiger partial charge is 0.465 e. The van der Waals surface area contributed by atoms with Crippen LogP contribution in [0.3, 0.4) is 0 Å². The molecule has 0 aliphatic heterocycles. The number of hydrogen-bond acceptors (Lipinski definition) is 3. The van der Waals surface area contributed by atoms with E-state index in [1.54, 1.807) is 6.92 Å². The molecule has 0 unspecified atom stereocenters. The second kappa shape index (κ2) is 7.45. The number of carbonyl (C=O) groups excluding carboxylic acids is 2. The number of esters is 1. The number of ether oxygens (including phenoxy) is 1. The minimum absolute atomic E-state index is 0.0230. The van der Waals surface area contributed by atoms with E-state index in [0.717, 1.165) is 11.1 Å². The molecule has 0 aromatic heterocycles. The van der Waals surface area contributed by atoms with E-state index >= 15 is 0 Å². The minimum atomic E-state index is -1.15. The Balaban J connectivity index is 2.62. The monoisotopic (exact) mass is 312 g/mol. The van der Waals surface area contributed by atoms with E-state index in [0.29, 0.717) is 0 Å². The molecule has 23 heavy (non-hydrogen) atoms. The van der Waals surface area contributed by atoms with Crippen LogP contribution in [0.2, 0.25) is 0 Å². The molecule has 0 fully saturated rings. The average molecular weight is 312 g/mol. The topological polar surface area (TPSA) is 81.4 Å². The van der Waals surface area contributed by atoms with E-state index in [1.165, 1.54) is 0 Å². The molecule has 2 aromatic rings. The van der Waals surface area contributed by atoms with Gasteiger partial charge in [-0.2, -0.15) is 0 Å². The summed E-state index contributed by atoms with van der Waals surface area (Å²) in [6.07, 6.45) is 0. The first-order valence-electron chi connectivity index (χ1n) is 7.43. The number of hydrogen-bond donors (Lipinski definition) is 2. The van der Waals surface area contributed by atoms with Gasteiger partial charge in [0.25, 0.3) is 0 Å². The van der Waals surface area contributed by atoms with Crippen LogP contribution in [0.25, 0.3) is 0 Å². The highest BCUT2D eigenvalue weighted by Gasteiger charge is 2.43. The molecule has 0 aliphatic carbocycles. The number of nitrogens with two attached hydrogens (primary N) is 1. The Hall–Kier alpha value is -2.82. The van der Waals surface area contributed by atoms with Crippen LogP contribution in [0, 0.1) is 0 Å². The average Bonchev–Trinajstić information content (AvgIpc) is 2.57. The van der Waals surface area contributed by atoms with Gasteiger partial charge in [0.2, 0.25) is 0 Å². The van der Waals surface area contributed by atoms with Crippen LogP contribution in [-0.2, 0) is 14.9 Å². The number of nitrogens with one attached hydrogen (secondary N) is 1. The summed E-state index contributed by atoms with van der Waals surface area (Å²) in [7, 11) is 0. The fourth-order valence-corrected chi connectivity index (χ4v) is 2.60. The van der Waals surface area contributed by atoms with Crippen LogP contribution >= 0.6 is 0 Å². The van der Waals surface area contributed by atoms with Gasteiger partial charge in [0.1, 0.15) is 5.41 Å². The highest BCUT2D eigenvalue weighted by molar-refractivity contribution is 5.89. The highest BCUT2D eigenvalue weighted by atomic mass is 16.5. The first kappa shape index (κ1) is 16.5. The van der Waals surface area contributed by atoms with Crippen molar-refractivity contribution >= 4 is 12.0 Å². The van der Waals surface area contributed by atoms with Crippen molar-refractivity contribution in [2.45, 2.75) is 12.3 Å². The van der Waals surface area contributed by atoms with Gasteiger partial charge in [-0.3, -0.25) is 4.79 Å². The maximum atomic E-state index is 12.9. The number of benzene rings is 2. The zero-order valence-electron chi connectivity index (χ0n) is 13.0. The Bertz CT molecular complexity index is 617. The van der Waals surface area contributed by atoms with Crippen LogP contribution in [-0.4, -0.2) is 25.2 Å². The lowest BCUT2D eigenvalue weighted by molar-refractivity contribution is -0.148. The van der Waals surface area contributed by atoms with Gasteiger partial charge in [-0.15, -0.1) is 0 Å². The second-order valence-electron chi connectivity index (χ2n) is 5.08. The highest BCUT2D eigenvalue weighted by Crippen LogP contribution is 2.33. The Kier molecular flexibility index (Phi) is 5.36. The van der Waals surface area contributed by atoms with E-state index in [2.05, 4.69) is 5.32 Å². The van der Waals surface area contributed by atoms with Gasteiger partial charge in [0.05, 0.1) is 6.61 Å². The Morgan fingerprint density at radius 1 is 1.00 bits per heavy atom. The molecular formula is C18H20N2O3. The van der Waals surface area contributed by atoms with Gasteiger partial charge in [-0.1, -0.05) is 60.7 Å². The van der Waals surface area contributed by atoms with Crippen molar-refractivity contribution in [3.63, 3.8) is 0 Å². The number of carbonyl (C=O) groups is 2. The summed E-state index contributed by atoms with van der Waals surface area (Å²) in [6.45, 7) is 2.02. The van der Waals surface area contributed by atoms with E-state index in [9.17, 15) is 9.59 Å². The molecule has 0 radical (unpaired) electrons. The fourth-order valence-electron chi connectivity index (χ4n) is 2.60. The van der Waals surface area contributed by atoms with E-state index < -0.39 is 17.4 Å². The molecule has 0 saturated heterocycles. The summed E-state index contributed by atoms with van der Waals surface area (Å²) >= 11 is 0. The van der Waals surface area contributed by atoms with Crippen molar-refractivity contribution in [3.05, 3.63) is 71.8 Å². The quantitative estimate of drug-likeness (QED) is 0.802. The molecule has 120 valence electrons. The van der Waals surface area contributed by atoms with Gasteiger partial charge in [-0.05, 0) is 18.1 Å². The lowest BCUT2D eigenvalue weighted by atomic mass is 9.74. The molecule has 0 saturated carbocycles. The Morgan fingerprint density at radius 2 is 1.48 bits per heavy atom. The molecule has 2 aromatic carbocycles. The summed E-state index contributed by atoms with van der Waals surface area (Å²) in [5.41, 5.74) is 5.55. The molecule has 0 bridgehead atoms. The fraction of sp³-hybridized carbons (Fsp3) is 0.222. The molecule has 2 amide bonds. The van der Waals surface area contributed by atoms with Crippen LogP contribution in [0.5, 0.6) is 0 Å². The Labute approximate surface area is 135 Å². The molecule has 0 heterocycles. The van der Waals surface area contributed by atoms with Crippen molar-refractivity contribution in [1.82, 2.24) is 5.32 Å². The number of primary amides is 1. The van der Waals surface area contributed by atoms with Crippen molar-refractivity contribution in [1.29, 1.82) is 0 Å². The van der Waals surface area contributed by atoms with Crippen LogP contribution in [0.4, 0.5) is 4.79 Å².